The summed E-state index contributed by atoms with van der Waals surface area (Å²) in [5.41, 5.74) is 0.898. The Kier molecular flexibility index (Phi) is 5.73. The van der Waals surface area contributed by atoms with Crippen molar-refractivity contribution in [1.29, 1.82) is 0 Å². The van der Waals surface area contributed by atoms with Crippen LogP contribution in [0.3, 0.4) is 0 Å². The van der Waals surface area contributed by atoms with Crippen molar-refractivity contribution in [2.45, 2.75) is 46.0 Å². The zero-order chi connectivity index (χ0) is 15.5. The maximum atomic E-state index is 12.4. The molecule has 1 N–H and O–H groups in total. The summed E-state index contributed by atoms with van der Waals surface area (Å²) in [6.45, 7) is 5.29. The zero-order valence-electron chi connectivity index (χ0n) is 12.7. The highest BCUT2D eigenvalue weighted by atomic mass is 79.9. The molecule has 1 fully saturated rings. The van der Waals surface area contributed by atoms with Crippen molar-refractivity contribution in [3.05, 3.63) is 33.3 Å². The highest BCUT2D eigenvalue weighted by Crippen LogP contribution is 2.42. The van der Waals surface area contributed by atoms with Gasteiger partial charge in [-0.05, 0) is 64.7 Å². The molecule has 0 radical (unpaired) electrons. The van der Waals surface area contributed by atoms with Crippen molar-refractivity contribution in [2.24, 2.45) is 11.3 Å². The molecular weight excluding hydrogens is 350 g/mol. The van der Waals surface area contributed by atoms with E-state index in [-0.39, 0.29) is 11.3 Å². The predicted octanol–water partition coefficient (Wildman–Crippen LogP) is 5.44. The number of nitrogens with one attached hydrogen (secondary N) is 1. The van der Waals surface area contributed by atoms with Crippen LogP contribution in [0.25, 0.3) is 0 Å². The van der Waals surface area contributed by atoms with Crippen LogP contribution < -0.4 is 5.32 Å². The molecule has 2 rings (SSSR count). The number of amides is 1. The molecule has 0 spiro atoms. The highest BCUT2D eigenvalue weighted by molar-refractivity contribution is 9.10. The van der Waals surface area contributed by atoms with Gasteiger partial charge in [0.05, 0.1) is 5.56 Å². The second-order valence-electron chi connectivity index (χ2n) is 6.61. The normalized spacial score (nSPS) is 17.2. The lowest BCUT2D eigenvalue weighted by atomic mass is 9.78. The van der Waals surface area contributed by atoms with Crippen molar-refractivity contribution in [1.82, 2.24) is 5.32 Å². The van der Waals surface area contributed by atoms with E-state index in [1.54, 1.807) is 12.1 Å². The van der Waals surface area contributed by atoms with Crippen molar-refractivity contribution in [3.63, 3.8) is 0 Å². The molecule has 0 unspecified atom stereocenters. The second kappa shape index (κ2) is 7.15. The first kappa shape index (κ1) is 16.8. The van der Waals surface area contributed by atoms with Gasteiger partial charge in [-0.15, -0.1) is 0 Å². The molecule has 2 nitrogen and oxygen atoms in total. The van der Waals surface area contributed by atoms with Gasteiger partial charge in [0.2, 0.25) is 0 Å². The van der Waals surface area contributed by atoms with Crippen LogP contribution in [0.2, 0.25) is 5.02 Å². The first-order valence-electron chi connectivity index (χ1n) is 7.65. The molecule has 1 aliphatic rings. The van der Waals surface area contributed by atoms with Gasteiger partial charge < -0.3 is 5.32 Å². The molecule has 0 aromatic heterocycles. The van der Waals surface area contributed by atoms with Gasteiger partial charge in [-0.25, -0.2) is 0 Å². The molecule has 1 aromatic carbocycles. The molecule has 116 valence electrons. The van der Waals surface area contributed by atoms with E-state index in [0.717, 1.165) is 11.0 Å². The molecule has 0 saturated heterocycles. The third kappa shape index (κ3) is 4.46. The number of hydrogen-bond acceptors (Lipinski definition) is 1. The van der Waals surface area contributed by atoms with Crippen molar-refractivity contribution >= 4 is 33.4 Å². The van der Waals surface area contributed by atoms with Gasteiger partial charge in [0.1, 0.15) is 0 Å². The van der Waals surface area contributed by atoms with E-state index >= 15 is 0 Å². The van der Waals surface area contributed by atoms with E-state index in [1.165, 1.54) is 32.1 Å². The Morgan fingerprint density at radius 2 is 2.05 bits per heavy atom. The number of carbonyl (C=O) groups excluding carboxylic acids is 1. The van der Waals surface area contributed by atoms with Gasteiger partial charge >= 0.3 is 0 Å². The molecule has 1 aliphatic carbocycles. The van der Waals surface area contributed by atoms with Crippen LogP contribution in [-0.4, -0.2) is 12.5 Å². The predicted molar refractivity (Wildman–Crippen MR) is 91.8 cm³/mol. The Labute approximate surface area is 140 Å². The van der Waals surface area contributed by atoms with E-state index in [0.29, 0.717) is 16.5 Å². The summed E-state index contributed by atoms with van der Waals surface area (Å²) in [7, 11) is 0. The summed E-state index contributed by atoms with van der Waals surface area (Å²) in [5.74, 6) is 0.623. The van der Waals surface area contributed by atoms with Gasteiger partial charge in [-0.2, -0.15) is 0 Å². The molecule has 1 saturated carbocycles. The summed E-state index contributed by atoms with van der Waals surface area (Å²) < 4.78 is 0.786. The average molecular weight is 373 g/mol. The molecule has 0 atom stereocenters. The Morgan fingerprint density at radius 1 is 1.38 bits per heavy atom. The summed E-state index contributed by atoms with van der Waals surface area (Å²) in [4.78, 5) is 12.4. The smallest absolute Gasteiger partial charge is 0.252 e. The number of rotatable bonds is 5. The molecular formula is C17H23BrClNO. The Balaban J connectivity index is 2.03. The minimum atomic E-state index is -0.0422. The van der Waals surface area contributed by atoms with E-state index in [9.17, 15) is 4.79 Å². The Hall–Kier alpha value is -0.540. The average Bonchev–Trinajstić information content (AvgIpc) is 2.87. The SMILES string of the molecule is CC(C)CC1(CNC(=O)c2cc(Cl)ccc2Br)CCCC1. The van der Waals surface area contributed by atoms with Crippen LogP contribution >= 0.6 is 27.5 Å². The Morgan fingerprint density at radius 3 is 2.67 bits per heavy atom. The molecule has 0 aliphatic heterocycles. The lowest BCUT2D eigenvalue weighted by Crippen LogP contribution is -2.37. The van der Waals surface area contributed by atoms with E-state index in [1.807, 2.05) is 6.07 Å². The monoisotopic (exact) mass is 371 g/mol. The fraction of sp³-hybridized carbons (Fsp3) is 0.588. The van der Waals surface area contributed by atoms with Crippen LogP contribution in [0.5, 0.6) is 0 Å². The molecule has 0 bridgehead atoms. The third-order valence-corrected chi connectivity index (χ3v) is 5.23. The fourth-order valence-electron chi connectivity index (χ4n) is 3.48. The van der Waals surface area contributed by atoms with Crippen LogP contribution in [0.4, 0.5) is 0 Å². The van der Waals surface area contributed by atoms with Crippen molar-refractivity contribution < 1.29 is 4.79 Å². The summed E-state index contributed by atoms with van der Waals surface area (Å²) in [6.07, 6.45) is 6.20. The van der Waals surface area contributed by atoms with Gasteiger partial charge in [-0.1, -0.05) is 38.3 Å². The number of benzene rings is 1. The molecule has 4 heteroatoms. The number of hydrogen-bond donors (Lipinski definition) is 1. The van der Waals surface area contributed by atoms with Gasteiger partial charge in [0.25, 0.3) is 5.91 Å². The van der Waals surface area contributed by atoms with Gasteiger partial charge in [-0.3, -0.25) is 4.79 Å². The van der Waals surface area contributed by atoms with Crippen LogP contribution in [0, 0.1) is 11.3 Å². The van der Waals surface area contributed by atoms with Crippen molar-refractivity contribution in [2.75, 3.05) is 6.54 Å². The topological polar surface area (TPSA) is 29.1 Å². The maximum Gasteiger partial charge on any atom is 0.252 e. The van der Waals surface area contributed by atoms with Crippen LogP contribution in [0.15, 0.2) is 22.7 Å². The number of halogens is 2. The Bertz CT molecular complexity index is 510. The number of carbonyl (C=O) groups is 1. The summed E-state index contributed by atoms with van der Waals surface area (Å²) in [6, 6.07) is 5.31. The van der Waals surface area contributed by atoms with Gasteiger partial charge in [0, 0.05) is 16.0 Å². The first-order chi connectivity index (χ1) is 9.92. The molecule has 21 heavy (non-hydrogen) atoms. The highest BCUT2D eigenvalue weighted by Gasteiger charge is 2.34. The lowest BCUT2D eigenvalue weighted by Gasteiger charge is -2.31. The lowest BCUT2D eigenvalue weighted by molar-refractivity contribution is 0.0921. The minimum absolute atomic E-state index is 0.0422. The molecule has 0 heterocycles. The quantitative estimate of drug-likeness (QED) is 0.732. The van der Waals surface area contributed by atoms with E-state index in [2.05, 4.69) is 35.1 Å². The summed E-state index contributed by atoms with van der Waals surface area (Å²) >= 11 is 9.40. The zero-order valence-corrected chi connectivity index (χ0v) is 15.1. The van der Waals surface area contributed by atoms with E-state index < -0.39 is 0 Å². The fourth-order valence-corrected chi connectivity index (χ4v) is 4.08. The maximum absolute atomic E-state index is 12.4. The van der Waals surface area contributed by atoms with Crippen LogP contribution in [-0.2, 0) is 0 Å². The van der Waals surface area contributed by atoms with E-state index in [4.69, 9.17) is 11.6 Å². The van der Waals surface area contributed by atoms with Crippen molar-refractivity contribution in [3.8, 4) is 0 Å². The minimum Gasteiger partial charge on any atom is -0.351 e. The summed E-state index contributed by atoms with van der Waals surface area (Å²) in [5, 5.41) is 3.71. The third-order valence-electron chi connectivity index (χ3n) is 4.30. The second-order valence-corrected chi connectivity index (χ2v) is 7.90. The van der Waals surface area contributed by atoms with Crippen LogP contribution in [0.1, 0.15) is 56.3 Å². The standard InChI is InChI=1S/C17H23BrClNO/c1-12(2)10-17(7-3-4-8-17)11-20-16(21)14-9-13(19)5-6-15(14)18/h5-6,9,12H,3-4,7-8,10-11H2,1-2H3,(H,20,21). The first-order valence-corrected chi connectivity index (χ1v) is 8.82. The molecule has 1 aromatic rings. The van der Waals surface area contributed by atoms with Gasteiger partial charge in [0.15, 0.2) is 0 Å². The molecule has 1 amide bonds. The largest absolute Gasteiger partial charge is 0.351 e.